The number of nitriles is 1. The average Bonchev–Trinajstić information content (AvgIpc) is 3.26. The lowest BCUT2D eigenvalue weighted by atomic mass is 9.98. The van der Waals surface area contributed by atoms with Gasteiger partial charge in [-0.1, -0.05) is 72.3 Å². The fraction of sp³-hybridized carbons (Fsp3) is 0.0741. The molecule has 0 fully saturated rings. The Bertz CT molecular complexity index is 1410. The van der Waals surface area contributed by atoms with Crippen LogP contribution in [0.4, 0.5) is 5.88 Å². The minimum absolute atomic E-state index is 0.0198. The van der Waals surface area contributed by atoms with E-state index in [-0.39, 0.29) is 22.0 Å². The molecular weight excluding hydrogens is 484 g/mol. The van der Waals surface area contributed by atoms with Gasteiger partial charge in [-0.2, -0.15) is 5.26 Å². The third kappa shape index (κ3) is 5.40. The number of carbonyl (C=O) groups excluding carboxylic acids is 2. The summed E-state index contributed by atoms with van der Waals surface area (Å²) in [6.07, 6.45) is 1.87. The molecule has 0 radical (unpaired) electrons. The van der Waals surface area contributed by atoms with E-state index in [2.05, 4.69) is 11.4 Å². The Balaban J connectivity index is 1.59. The Kier molecular flexibility index (Phi) is 7.56. The average molecular weight is 503 g/mol. The molecule has 4 aromatic rings. The second-order valence-electron chi connectivity index (χ2n) is 7.32. The monoisotopic (exact) mass is 502 g/mol. The summed E-state index contributed by atoms with van der Waals surface area (Å²) >= 11 is 7.56. The van der Waals surface area contributed by atoms with E-state index in [1.54, 1.807) is 18.2 Å². The third-order valence-corrected chi connectivity index (χ3v) is 6.15. The molecule has 0 unspecified atom stereocenters. The summed E-state index contributed by atoms with van der Waals surface area (Å²) in [5.74, 6) is -0.953. The van der Waals surface area contributed by atoms with Crippen LogP contribution in [0.5, 0.6) is 0 Å². The van der Waals surface area contributed by atoms with Crippen molar-refractivity contribution in [3.63, 3.8) is 0 Å². The van der Waals surface area contributed by atoms with Gasteiger partial charge in [-0.15, -0.1) is 11.8 Å². The summed E-state index contributed by atoms with van der Waals surface area (Å²) < 4.78 is 11.1. The molecule has 174 valence electrons. The first kappa shape index (κ1) is 24.1. The molecule has 0 atom stereocenters. The van der Waals surface area contributed by atoms with Crippen LogP contribution in [-0.4, -0.2) is 24.7 Å². The normalized spacial score (nSPS) is 10.4. The van der Waals surface area contributed by atoms with Crippen molar-refractivity contribution in [3.8, 4) is 28.5 Å². The summed E-state index contributed by atoms with van der Waals surface area (Å²) in [5, 5.41) is 12.7. The number of nitrogens with zero attached hydrogens (tertiary/aromatic N) is 1. The van der Waals surface area contributed by atoms with Crippen molar-refractivity contribution in [2.75, 3.05) is 18.2 Å². The van der Waals surface area contributed by atoms with Gasteiger partial charge in [0, 0.05) is 16.0 Å². The highest BCUT2D eigenvalue weighted by atomic mass is 35.5. The number of ether oxygens (including phenoxy) is 1. The molecule has 1 amide bonds. The Hall–Kier alpha value is -3.99. The molecule has 8 heteroatoms. The molecule has 0 bridgehead atoms. The van der Waals surface area contributed by atoms with Gasteiger partial charge < -0.3 is 9.15 Å². The first-order chi connectivity index (χ1) is 17.0. The molecule has 1 heterocycles. The number of furan rings is 1. The maximum atomic E-state index is 12.6. The number of halogens is 1. The van der Waals surface area contributed by atoms with Gasteiger partial charge in [-0.3, -0.25) is 10.1 Å². The van der Waals surface area contributed by atoms with E-state index in [0.29, 0.717) is 11.3 Å². The van der Waals surface area contributed by atoms with Crippen LogP contribution in [0.25, 0.3) is 22.5 Å². The SMILES string of the molecule is CSc1ccc(Cl)c(C(=O)OCC(=O)Nc2oc(-c3ccccc3)c(-c3ccccc3)c2C#N)c1. The molecule has 35 heavy (non-hydrogen) atoms. The Morgan fingerprint density at radius 3 is 2.31 bits per heavy atom. The van der Waals surface area contributed by atoms with Gasteiger partial charge in [-0.05, 0) is 30.0 Å². The summed E-state index contributed by atoms with van der Waals surface area (Å²) in [4.78, 5) is 25.9. The van der Waals surface area contributed by atoms with Crippen LogP contribution in [-0.2, 0) is 9.53 Å². The van der Waals surface area contributed by atoms with E-state index >= 15 is 0 Å². The van der Waals surface area contributed by atoms with Crippen LogP contribution in [0.3, 0.4) is 0 Å². The van der Waals surface area contributed by atoms with E-state index in [9.17, 15) is 14.9 Å². The van der Waals surface area contributed by atoms with E-state index < -0.39 is 18.5 Å². The van der Waals surface area contributed by atoms with Gasteiger partial charge in [0.15, 0.2) is 6.61 Å². The fourth-order valence-corrected chi connectivity index (χ4v) is 4.09. The molecule has 1 aromatic heterocycles. The molecule has 3 aromatic carbocycles. The second kappa shape index (κ2) is 11.0. The molecule has 1 N–H and O–H groups in total. The number of benzene rings is 3. The smallest absolute Gasteiger partial charge is 0.340 e. The maximum Gasteiger partial charge on any atom is 0.340 e. The zero-order chi connectivity index (χ0) is 24.8. The minimum Gasteiger partial charge on any atom is -0.452 e. The third-order valence-electron chi connectivity index (χ3n) is 5.10. The van der Waals surface area contributed by atoms with Gasteiger partial charge in [0.05, 0.1) is 10.6 Å². The number of carbonyl (C=O) groups is 2. The number of anilines is 1. The van der Waals surface area contributed by atoms with Gasteiger partial charge in [0.25, 0.3) is 5.91 Å². The summed E-state index contributed by atoms with van der Waals surface area (Å²) in [7, 11) is 0. The first-order valence-corrected chi connectivity index (χ1v) is 12.1. The molecule has 0 saturated carbocycles. The van der Waals surface area contributed by atoms with Gasteiger partial charge in [-0.25, -0.2) is 4.79 Å². The molecular formula is C27H19ClN2O4S. The molecule has 4 rings (SSSR count). The fourth-order valence-electron chi connectivity index (χ4n) is 3.46. The number of thioether (sulfide) groups is 1. The van der Waals surface area contributed by atoms with Crippen molar-refractivity contribution in [2.45, 2.75) is 4.90 Å². The number of amides is 1. The van der Waals surface area contributed by atoms with Gasteiger partial charge in [0.1, 0.15) is 17.4 Å². The Morgan fingerprint density at radius 1 is 1.03 bits per heavy atom. The van der Waals surface area contributed by atoms with E-state index in [1.807, 2.05) is 66.9 Å². The number of hydrogen-bond acceptors (Lipinski definition) is 6. The lowest BCUT2D eigenvalue weighted by Gasteiger charge is -2.07. The molecule has 0 saturated heterocycles. The number of nitrogens with one attached hydrogen (secondary N) is 1. The van der Waals surface area contributed by atoms with Crippen molar-refractivity contribution in [1.82, 2.24) is 0 Å². The lowest BCUT2D eigenvalue weighted by molar-refractivity contribution is -0.119. The number of hydrogen-bond donors (Lipinski definition) is 1. The van der Waals surface area contributed by atoms with Crippen molar-refractivity contribution in [2.24, 2.45) is 0 Å². The molecule has 6 nitrogen and oxygen atoms in total. The topological polar surface area (TPSA) is 92.3 Å². The van der Waals surface area contributed by atoms with Gasteiger partial charge >= 0.3 is 5.97 Å². The van der Waals surface area contributed by atoms with Crippen LogP contribution in [0.2, 0.25) is 5.02 Å². The summed E-state index contributed by atoms with van der Waals surface area (Å²) in [6, 6.07) is 25.7. The summed E-state index contributed by atoms with van der Waals surface area (Å²) in [5.41, 5.74) is 2.41. The second-order valence-corrected chi connectivity index (χ2v) is 8.61. The lowest BCUT2D eigenvalue weighted by Crippen LogP contribution is -2.21. The van der Waals surface area contributed by atoms with Crippen molar-refractivity contribution in [1.29, 1.82) is 5.26 Å². The number of rotatable bonds is 7. The van der Waals surface area contributed by atoms with E-state index in [1.165, 1.54) is 11.8 Å². The zero-order valence-corrected chi connectivity index (χ0v) is 20.2. The van der Waals surface area contributed by atoms with Gasteiger partial charge in [0.2, 0.25) is 5.88 Å². The van der Waals surface area contributed by atoms with Crippen LogP contribution in [0.1, 0.15) is 15.9 Å². The van der Waals surface area contributed by atoms with Crippen molar-refractivity contribution >= 4 is 41.1 Å². The highest BCUT2D eigenvalue weighted by Gasteiger charge is 2.24. The predicted octanol–water partition coefficient (Wildman–Crippen LogP) is 6.66. The summed E-state index contributed by atoms with van der Waals surface area (Å²) in [6.45, 7) is -0.578. The standard InChI is InChI=1S/C27H19ClN2O4S/c1-35-19-12-13-22(28)20(14-19)27(32)33-16-23(31)30-26-21(15-29)24(17-8-4-2-5-9-17)25(34-26)18-10-6-3-7-11-18/h2-14H,16H2,1H3,(H,30,31). The minimum atomic E-state index is -0.726. The van der Waals surface area contributed by atoms with E-state index in [4.69, 9.17) is 20.8 Å². The van der Waals surface area contributed by atoms with Crippen molar-refractivity contribution < 1.29 is 18.7 Å². The first-order valence-electron chi connectivity index (χ1n) is 10.5. The quantitative estimate of drug-likeness (QED) is 0.224. The molecule has 0 aliphatic rings. The van der Waals surface area contributed by atoms with Crippen LogP contribution in [0.15, 0.2) is 88.2 Å². The Labute approximate surface area is 211 Å². The zero-order valence-electron chi connectivity index (χ0n) is 18.6. The highest BCUT2D eigenvalue weighted by Crippen LogP contribution is 2.41. The maximum absolute atomic E-state index is 12.6. The molecule has 0 spiro atoms. The largest absolute Gasteiger partial charge is 0.452 e. The van der Waals surface area contributed by atoms with Crippen LogP contribution in [0, 0.1) is 11.3 Å². The van der Waals surface area contributed by atoms with E-state index in [0.717, 1.165) is 16.0 Å². The Morgan fingerprint density at radius 2 is 1.69 bits per heavy atom. The van der Waals surface area contributed by atoms with Crippen molar-refractivity contribution in [3.05, 3.63) is 95.0 Å². The van der Waals surface area contributed by atoms with Crippen LogP contribution >= 0.6 is 23.4 Å². The molecule has 0 aliphatic carbocycles. The highest BCUT2D eigenvalue weighted by molar-refractivity contribution is 7.98. The predicted molar refractivity (Wildman–Crippen MR) is 136 cm³/mol. The van der Waals surface area contributed by atoms with Crippen LogP contribution < -0.4 is 5.32 Å². The molecule has 0 aliphatic heterocycles. The number of esters is 1.